The van der Waals surface area contributed by atoms with Gasteiger partial charge in [-0.1, -0.05) is 24.3 Å². The lowest BCUT2D eigenvalue weighted by Gasteiger charge is -2.19. The highest BCUT2D eigenvalue weighted by Gasteiger charge is 2.17. The first kappa shape index (κ1) is 16.0. The fourth-order valence-electron chi connectivity index (χ4n) is 3.43. The Bertz CT molecular complexity index is 991. The molecular weight excluding hydrogens is 313 g/mol. The lowest BCUT2D eigenvalue weighted by molar-refractivity contribution is 0.161. The second kappa shape index (κ2) is 6.41. The van der Waals surface area contributed by atoms with Crippen LogP contribution in [0.3, 0.4) is 0 Å². The maximum Gasteiger partial charge on any atom is 0.126 e. The summed E-state index contributed by atoms with van der Waals surface area (Å²) in [6.45, 7) is 5.22. The molecule has 0 aliphatic carbocycles. The summed E-state index contributed by atoms with van der Waals surface area (Å²) < 4.78 is 19.3. The van der Waals surface area contributed by atoms with Gasteiger partial charge in [-0.25, -0.2) is 4.39 Å². The van der Waals surface area contributed by atoms with Crippen LogP contribution in [0.1, 0.15) is 23.1 Å². The molecule has 2 nitrogen and oxygen atoms in total. The molecule has 0 unspecified atom stereocenters. The van der Waals surface area contributed by atoms with E-state index in [0.29, 0.717) is 12.2 Å². The molecule has 1 aromatic heterocycles. The molecule has 0 fully saturated rings. The highest BCUT2D eigenvalue weighted by atomic mass is 19.1. The molecule has 25 heavy (non-hydrogen) atoms. The van der Waals surface area contributed by atoms with Crippen LogP contribution in [0.4, 0.5) is 4.39 Å². The number of benzene rings is 2. The topological polar surface area (TPSA) is 22.1 Å². The molecule has 3 heteroatoms. The number of fused-ring (bicyclic) bond motifs is 1. The second-order valence-corrected chi connectivity index (χ2v) is 6.59. The predicted octanol–water partition coefficient (Wildman–Crippen LogP) is 5.46. The number of nitrogens with zero attached hydrogens (tertiary/aromatic N) is 1. The van der Waals surface area contributed by atoms with Gasteiger partial charge in [-0.2, -0.15) is 0 Å². The molecule has 0 N–H and O–H groups in total. The highest BCUT2D eigenvalue weighted by Crippen LogP contribution is 2.37. The van der Waals surface area contributed by atoms with Crippen molar-refractivity contribution in [3.05, 3.63) is 71.2 Å². The Labute approximate surface area is 147 Å². The van der Waals surface area contributed by atoms with Crippen molar-refractivity contribution in [2.75, 3.05) is 13.2 Å². The van der Waals surface area contributed by atoms with Crippen LogP contribution in [0.25, 0.3) is 27.6 Å². The van der Waals surface area contributed by atoms with E-state index in [0.717, 1.165) is 40.6 Å². The minimum Gasteiger partial charge on any atom is -0.377 e. The van der Waals surface area contributed by atoms with Gasteiger partial charge >= 0.3 is 0 Å². The molecule has 126 valence electrons. The molecule has 2 aromatic carbocycles. The van der Waals surface area contributed by atoms with Crippen molar-refractivity contribution in [3.8, 4) is 11.1 Å². The third-order valence-corrected chi connectivity index (χ3v) is 4.78. The van der Waals surface area contributed by atoms with Crippen LogP contribution < -0.4 is 0 Å². The molecule has 3 aromatic rings. The zero-order valence-electron chi connectivity index (χ0n) is 14.5. The van der Waals surface area contributed by atoms with Crippen LogP contribution in [0, 0.1) is 19.7 Å². The Morgan fingerprint density at radius 1 is 1.08 bits per heavy atom. The number of aromatic nitrogens is 1. The number of aryl methyl sites for hydroxylation is 2. The van der Waals surface area contributed by atoms with Crippen molar-refractivity contribution in [3.63, 3.8) is 0 Å². The summed E-state index contributed by atoms with van der Waals surface area (Å²) in [4.78, 5) is 4.69. The molecule has 0 spiro atoms. The first-order valence-corrected chi connectivity index (χ1v) is 8.56. The number of ether oxygens (including phenoxy) is 1. The lowest BCUT2D eigenvalue weighted by Crippen LogP contribution is -2.05. The molecule has 1 aliphatic rings. The Kier molecular flexibility index (Phi) is 4.10. The lowest BCUT2D eigenvalue weighted by atomic mass is 9.90. The largest absolute Gasteiger partial charge is 0.377 e. The van der Waals surface area contributed by atoms with Crippen LogP contribution in [-0.4, -0.2) is 18.2 Å². The number of pyridine rings is 1. The molecule has 2 heterocycles. The predicted molar refractivity (Wildman–Crippen MR) is 100 cm³/mol. The molecule has 4 rings (SSSR count). The van der Waals surface area contributed by atoms with E-state index < -0.39 is 0 Å². The monoisotopic (exact) mass is 333 g/mol. The van der Waals surface area contributed by atoms with E-state index in [1.807, 2.05) is 18.3 Å². The van der Waals surface area contributed by atoms with Gasteiger partial charge < -0.3 is 4.74 Å². The van der Waals surface area contributed by atoms with Crippen molar-refractivity contribution in [2.24, 2.45) is 0 Å². The van der Waals surface area contributed by atoms with E-state index >= 15 is 0 Å². The summed E-state index contributed by atoms with van der Waals surface area (Å²) in [6.07, 6.45) is 4.94. The summed E-state index contributed by atoms with van der Waals surface area (Å²) in [5, 5.41) is 1.10. The minimum atomic E-state index is -0.176. The summed E-state index contributed by atoms with van der Waals surface area (Å²) in [5.41, 5.74) is 7.32. The van der Waals surface area contributed by atoms with Gasteiger partial charge in [0.2, 0.25) is 0 Å². The summed E-state index contributed by atoms with van der Waals surface area (Å²) >= 11 is 0. The molecule has 0 amide bonds. The fraction of sp³-hybridized carbons (Fsp3) is 0.227. The smallest absolute Gasteiger partial charge is 0.126 e. The van der Waals surface area contributed by atoms with Gasteiger partial charge in [-0.05, 0) is 60.7 Å². The van der Waals surface area contributed by atoms with Gasteiger partial charge in [0.15, 0.2) is 0 Å². The Morgan fingerprint density at radius 2 is 1.96 bits per heavy atom. The summed E-state index contributed by atoms with van der Waals surface area (Å²) in [7, 11) is 0. The number of rotatable bonds is 2. The maximum atomic E-state index is 13.8. The molecule has 1 aliphatic heterocycles. The Balaban J connectivity index is 2.03. The Hall–Kier alpha value is -2.52. The molecule has 0 radical (unpaired) electrons. The number of halogens is 1. The van der Waals surface area contributed by atoms with E-state index in [1.54, 1.807) is 13.0 Å². The van der Waals surface area contributed by atoms with Crippen molar-refractivity contribution in [1.29, 1.82) is 0 Å². The zero-order chi connectivity index (χ0) is 17.4. The fourth-order valence-corrected chi connectivity index (χ4v) is 3.43. The zero-order valence-corrected chi connectivity index (χ0v) is 14.5. The van der Waals surface area contributed by atoms with Crippen molar-refractivity contribution < 1.29 is 9.13 Å². The highest BCUT2D eigenvalue weighted by molar-refractivity contribution is 6.00. The first-order valence-electron chi connectivity index (χ1n) is 8.56. The van der Waals surface area contributed by atoms with E-state index in [2.05, 4.69) is 36.2 Å². The quantitative estimate of drug-likeness (QED) is 0.621. The normalized spacial score (nSPS) is 14.6. The Morgan fingerprint density at radius 3 is 2.72 bits per heavy atom. The van der Waals surface area contributed by atoms with Crippen LogP contribution in [0.2, 0.25) is 0 Å². The average Bonchev–Trinajstić information content (AvgIpc) is 2.63. The third-order valence-electron chi connectivity index (χ3n) is 4.78. The number of hydrogen-bond acceptors (Lipinski definition) is 2. The molecule has 0 saturated carbocycles. The molecule has 0 saturated heterocycles. The van der Waals surface area contributed by atoms with E-state index in [9.17, 15) is 4.39 Å². The van der Waals surface area contributed by atoms with E-state index in [1.165, 1.54) is 11.1 Å². The van der Waals surface area contributed by atoms with Crippen molar-refractivity contribution in [2.45, 2.75) is 20.3 Å². The molecule has 0 atom stereocenters. The SMILES string of the molecule is Cc1ccc2c(-c3ccc(F)c(C)c3)c(C3=CCOCC3)cnc2c1. The van der Waals surface area contributed by atoms with Crippen LogP contribution in [0.5, 0.6) is 0 Å². The first-order chi connectivity index (χ1) is 12.1. The van der Waals surface area contributed by atoms with E-state index in [4.69, 9.17) is 4.74 Å². The summed E-state index contributed by atoms with van der Waals surface area (Å²) in [6, 6.07) is 11.7. The molecular formula is C22H20FNO. The number of hydrogen-bond donors (Lipinski definition) is 0. The van der Waals surface area contributed by atoms with Gasteiger partial charge in [0.1, 0.15) is 5.82 Å². The van der Waals surface area contributed by atoms with Gasteiger partial charge in [0.05, 0.1) is 18.7 Å². The van der Waals surface area contributed by atoms with Gasteiger partial charge in [0, 0.05) is 22.7 Å². The van der Waals surface area contributed by atoms with Gasteiger partial charge in [0.25, 0.3) is 0 Å². The van der Waals surface area contributed by atoms with Crippen LogP contribution in [0.15, 0.2) is 48.7 Å². The van der Waals surface area contributed by atoms with Gasteiger partial charge in [-0.15, -0.1) is 0 Å². The average molecular weight is 333 g/mol. The second-order valence-electron chi connectivity index (χ2n) is 6.59. The van der Waals surface area contributed by atoms with Crippen molar-refractivity contribution >= 4 is 16.5 Å². The minimum absolute atomic E-state index is 0.176. The van der Waals surface area contributed by atoms with Crippen molar-refractivity contribution in [1.82, 2.24) is 4.98 Å². The van der Waals surface area contributed by atoms with Crippen LogP contribution in [-0.2, 0) is 4.74 Å². The summed E-state index contributed by atoms with van der Waals surface area (Å²) in [5.74, 6) is -0.176. The van der Waals surface area contributed by atoms with Crippen LogP contribution >= 0.6 is 0 Å². The maximum absolute atomic E-state index is 13.8. The molecule has 0 bridgehead atoms. The van der Waals surface area contributed by atoms with Gasteiger partial charge in [-0.3, -0.25) is 4.98 Å². The standard InChI is InChI=1S/C22H20FNO/c1-14-3-5-18-21(11-14)24-13-19(16-7-9-25-10-8-16)22(18)17-4-6-20(23)15(2)12-17/h3-7,11-13H,8-10H2,1-2H3. The third kappa shape index (κ3) is 2.96. The van der Waals surface area contributed by atoms with E-state index in [-0.39, 0.29) is 5.82 Å².